The second-order valence-electron chi connectivity index (χ2n) is 7.93. The Kier molecular flexibility index (Phi) is 5.04. The Bertz CT molecular complexity index is 952. The standard InChI is InChI=1S/C23H27N5O/c29-22-17-28(20-8-11-24-19-6-2-1-5-18(19)20)12-9-21(22)26-13-15-27(16-14-26)23-7-3-4-10-25-23/h1-8,10-11,21-22,29H,9,12-17H2. The van der Waals surface area contributed by atoms with E-state index in [-0.39, 0.29) is 12.1 Å². The van der Waals surface area contributed by atoms with E-state index in [1.807, 2.05) is 36.7 Å². The number of rotatable bonds is 3. The number of hydrogen-bond donors (Lipinski definition) is 1. The molecule has 150 valence electrons. The maximum atomic E-state index is 11.0. The molecule has 1 aromatic carbocycles. The number of benzene rings is 1. The molecule has 0 saturated carbocycles. The van der Waals surface area contributed by atoms with Gasteiger partial charge in [-0.25, -0.2) is 4.98 Å². The van der Waals surface area contributed by atoms with Gasteiger partial charge in [-0.15, -0.1) is 0 Å². The summed E-state index contributed by atoms with van der Waals surface area (Å²) < 4.78 is 0. The average Bonchev–Trinajstić information content (AvgIpc) is 2.79. The fourth-order valence-corrected chi connectivity index (χ4v) is 4.74. The zero-order valence-corrected chi connectivity index (χ0v) is 16.6. The number of nitrogens with zero attached hydrogens (tertiary/aromatic N) is 5. The molecule has 0 radical (unpaired) electrons. The minimum atomic E-state index is -0.350. The molecule has 6 nitrogen and oxygen atoms in total. The van der Waals surface area contributed by atoms with Gasteiger partial charge in [0.05, 0.1) is 11.6 Å². The Labute approximate surface area is 171 Å². The Hall–Kier alpha value is -2.70. The van der Waals surface area contributed by atoms with Gasteiger partial charge in [0.1, 0.15) is 5.82 Å². The molecule has 2 aliphatic heterocycles. The Balaban J connectivity index is 1.24. The minimum absolute atomic E-state index is 0.227. The van der Waals surface area contributed by atoms with Crippen LogP contribution in [0.2, 0.25) is 0 Å². The number of piperazine rings is 1. The summed E-state index contributed by atoms with van der Waals surface area (Å²) in [7, 11) is 0. The monoisotopic (exact) mass is 389 g/mol. The van der Waals surface area contributed by atoms with Crippen LogP contribution in [-0.4, -0.2) is 71.4 Å². The summed E-state index contributed by atoms with van der Waals surface area (Å²) >= 11 is 0. The number of aliphatic hydroxyl groups is 1. The van der Waals surface area contributed by atoms with Crippen LogP contribution in [0, 0.1) is 0 Å². The summed E-state index contributed by atoms with van der Waals surface area (Å²) in [5.41, 5.74) is 2.18. The second kappa shape index (κ2) is 7.97. The summed E-state index contributed by atoms with van der Waals surface area (Å²) in [6, 6.07) is 16.6. The van der Waals surface area contributed by atoms with Crippen molar-refractivity contribution in [1.29, 1.82) is 0 Å². The predicted octanol–water partition coefficient (Wildman–Crippen LogP) is 2.39. The molecule has 2 aliphatic rings. The van der Waals surface area contributed by atoms with Gasteiger partial charge in [0, 0.05) is 68.8 Å². The van der Waals surface area contributed by atoms with Crippen molar-refractivity contribution in [2.75, 3.05) is 49.1 Å². The predicted molar refractivity (Wildman–Crippen MR) is 116 cm³/mol. The zero-order valence-electron chi connectivity index (χ0n) is 16.6. The van der Waals surface area contributed by atoms with Gasteiger partial charge < -0.3 is 14.9 Å². The number of aromatic nitrogens is 2. The molecular formula is C23H27N5O. The van der Waals surface area contributed by atoms with E-state index in [2.05, 4.69) is 48.9 Å². The third kappa shape index (κ3) is 3.66. The second-order valence-corrected chi connectivity index (χ2v) is 7.93. The smallest absolute Gasteiger partial charge is 0.128 e. The molecule has 1 N–H and O–H groups in total. The highest BCUT2D eigenvalue weighted by atomic mass is 16.3. The van der Waals surface area contributed by atoms with E-state index >= 15 is 0 Å². The molecule has 2 fully saturated rings. The van der Waals surface area contributed by atoms with E-state index in [1.165, 1.54) is 5.69 Å². The van der Waals surface area contributed by atoms with E-state index in [0.29, 0.717) is 6.54 Å². The van der Waals surface area contributed by atoms with Crippen molar-refractivity contribution >= 4 is 22.4 Å². The minimum Gasteiger partial charge on any atom is -0.390 e. The van der Waals surface area contributed by atoms with Crippen LogP contribution in [0.15, 0.2) is 60.9 Å². The fraction of sp³-hybridized carbons (Fsp3) is 0.391. The lowest BCUT2D eigenvalue weighted by Gasteiger charge is -2.45. The maximum absolute atomic E-state index is 11.0. The summed E-state index contributed by atoms with van der Waals surface area (Å²) in [6.07, 6.45) is 4.34. The van der Waals surface area contributed by atoms with Gasteiger partial charge in [0.25, 0.3) is 0 Å². The molecule has 0 amide bonds. The third-order valence-corrected chi connectivity index (χ3v) is 6.27. The van der Waals surface area contributed by atoms with Crippen molar-refractivity contribution in [3.63, 3.8) is 0 Å². The van der Waals surface area contributed by atoms with Crippen LogP contribution >= 0.6 is 0 Å². The first kappa shape index (κ1) is 18.3. The molecular weight excluding hydrogens is 362 g/mol. The van der Waals surface area contributed by atoms with Crippen LogP contribution in [0.5, 0.6) is 0 Å². The summed E-state index contributed by atoms with van der Waals surface area (Å²) in [4.78, 5) is 16.1. The van der Waals surface area contributed by atoms with Crippen LogP contribution < -0.4 is 9.80 Å². The van der Waals surface area contributed by atoms with Gasteiger partial charge in [-0.3, -0.25) is 9.88 Å². The molecule has 3 aromatic rings. The normalized spacial score (nSPS) is 23.5. The number of para-hydroxylation sites is 1. The average molecular weight is 390 g/mol. The van der Waals surface area contributed by atoms with Crippen molar-refractivity contribution in [3.05, 3.63) is 60.9 Å². The van der Waals surface area contributed by atoms with E-state index in [9.17, 15) is 5.11 Å². The van der Waals surface area contributed by atoms with E-state index in [1.54, 1.807) is 0 Å². The van der Waals surface area contributed by atoms with Gasteiger partial charge >= 0.3 is 0 Å². The fourth-order valence-electron chi connectivity index (χ4n) is 4.74. The molecule has 2 saturated heterocycles. The van der Waals surface area contributed by atoms with Crippen LogP contribution in [0.3, 0.4) is 0 Å². The maximum Gasteiger partial charge on any atom is 0.128 e. The van der Waals surface area contributed by atoms with Gasteiger partial charge in [-0.2, -0.15) is 0 Å². The van der Waals surface area contributed by atoms with E-state index in [4.69, 9.17) is 0 Å². The van der Waals surface area contributed by atoms with Gasteiger partial charge in [0.2, 0.25) is 0 Å². The number of anilines is 2. The molecule has 6 heteroatoms. The van der Waals surface area contributed by atoms with Crippen LogP contribution in [0.25, 0.3) is 10.9 Å². The van der Waals surface area contributed by atoms with Crippen LogP contribution in [0.4, 0.5) is 11.5 Å². The lowest BCUT2D eigenvalue weighted by molar-refractivity contribution is 0.0339. The van der Waals surface area contributed by atoms with Gasteiger partial charge in [-0.1, -0.05) is 24.3 Å². The molecule has 0 spiro atoms. The quantitative estimate of drug-likeness (QED) is 0.742. The van der Waals surface area contributed by atoms with Crippen LogP contribution in [-0.2, 0) is 0 Å². The topological polar surface area (TPSA) is 55.7 Å². The number of pyridine rings is 2. The van der Waals surface area contributed by atoms with Crippen molar-refractivity contribution < 1.29 is 5.11 Å². The Morgan fingerprint density at radius 2 is 1.62 bits per heavy atom. The highest BCUT2D eigenvalue weighted by molar-refractivity contribution is 5.91. The Morgan fingerprint density at radius 3 is 2.41 bits per heavy atom. The van der Waals surface area contributed by atoms with Crippen molar-refractivity contribution in [2.45, 2.75) is 18.6 Å². The SMILES string of the molecule is OC1CN(c2ccnc3ccccc23)CCC1N1CCN(c2ccccn2)CC1. The largest absolute Gasteiger partial charge is 0.390 e. The number of fused-ring (bicyclic) bond motifs is 1. The summed E-state index contributed by atoms with van der Waals surface area (Å²) in [5, 5.41) is 12.1. The molecule has 29 heavy (non-hydrogen) atoms. The number of piperidine rings is 1. The van der Waals surface area contributed by atoms with Gasteiger partial charge in [-0.05, 0) is 30.7 Å². The highest BCUT2D eigenvalue weighted by Crippen LogP contribution is 2.29. The number of β-amino-alcohol motifs (C(OH)–C–C–N with tert-alkyl or cyclic N) is 1. The molecule has 2 unspecified atom stereocenters. The van der Waals surface area contributed by atoms with Crippen LogP contribution in [0.1, 0.15) is 6.42 Å². The molecule has 4 heterocycles. The zero-order chi connectivity index (χ0) is 19.6. The first-order valence-electron chi connectivity index (χ1n) is 10.5. The Morgan fingerprint density at radius 1 is 0.793 bits per heavy atom. The summed E-state index contributed by atoms with van der Waals surface area (Å²) in [5.74, 6) is 1.05. The molecule has 2 aromatic heterocycles. The third-order valence-electron chi connectivity index (χ3n) is 6.27. The van der Waals surface area contributed by atoms with Crippen molar-refractivity contribution in [3.8, 4) is 0 Å². The molecule has 5 rings (SSSR count). The molecule has 0 bridgehead atoms. The van der Waals surface area contributed by atoms with E-state index < -0.39 is 0 Å². The molecule has 0 aliphatic carbocycles. The number of hydrogen-bond acceptors (Lipinski definition) is 6. The first-order valence-corrected chi connectivity index (χ1v) is 10.5. The number of aliphatic hydroxyl groups excluding tert-OH is 1. The highest BCUT2D eigenvalue weighted by Gasteiger charge is 2.34. The lowest BCUT2D eigenvalue weighted by Crippen LogP contribution is -2.59. The first-order chi connectivity index (χ1) is 14.3. The summed E-state index contributed by atoms with van der Waals surface area (Å²) in [6.45, 7) is 5.47. The molecule has 2 atom stereocenters. The van der Waals surface area contributed by atoms with Gasteiger partial charge in [0.15, 0.2) is 0 Å². The van der Waals surface area contributed by atoms with Crippen molar-refractivity contribution in [2.24, 2.45) is 0 Å². The van der Waals surface area contributed by atoms with E-state index in [0.717, 1.165) is 55.9 Å². The van der Waals surface area contributed by atoms with Crippen molar-refractivity contribution in [1.82, 2.24) is 14.9 Å². The lowest BCUT2D eigenvalue weighted by atomic mass is 9.98.